The molecule has 1 saturated heterocycles. The van der Waals surface area contributed by atoms with E-state index in [2.05, 4.69) is 10.6 Å². The van der Waals surface area contributed by atoms with Crippen molar-refractivity contribution in [3.05, 3.63) is 33.8 Å². The van der Waals surface area contributed by atoms with Gasteiger partial charge in [-0.25, -0.2) is 0 Å². The second-order valence-corrected chi connectivity index (χ2v) is 5.01. The molecule has 0 saturated carbocycles. The molecule has 0 aliphatic carbocycles. The summed E-state index contributed by atoms with van der Waals surface area (Å²) in [6.45, 7) is 1.81. The topological polar surface area (TPSA) is 41.1 Å². The van der Waals surface area contributed by atoms with Gasteiger partial charge in [-0.15, -0.1) is 12.4 Å². The normalized spacial score (nSPS) is 18.2. The van der Waals surface area contributed by atoms with Crippen LogP contribution in [-0.4, -0.2) is 25.0 Å². The van der Waals surface area contributed by atoms with Crippen LogP contribution in [0, 0.1) is 0 Å². The van der Waals surface area contributed by atoms with Crippen LogP contribution >= 0.6 is 35.6 Å². The molecule has 0 radical (unpaired) electrons. The predicted molar refractivity (Wildman–Crippen MR) is 76.8 cm³/mol. The Balaban J connectivity index is 0.00000162. The summed E-state index contributed by atoms with van der Waals surface area (Å²) in [7, 11) is 0. The lowest BCUT2D eigenvalue weighted by atomic mass is 10.1. The van der Waals surface area contributed by atoms with Crippen LogP contribution in [0.2, 0.25) is 10.0 Å². The van der Waals surface area contributed by atoms with Crippen molar-refractivity contribution in [3.8, 4) is 0 Å². The minimum absolute atomic E-state index is 0. The summed E-state index contributed by atoms with van der Waals surface area (Å²) in [6.07, 6.45) is 1.28. The Morgan fingerprint density at radius 1 is 1.44 bits per heavy atom. The first-order valence-electron chi connectivity index (χ1n) is 5.59. The van der Waals surface area contributed by atoms with Crippen molar-refractivity contribution in [2.45, 2.75) is 18.9 Å². The molecule has 3 nitrogen and oxygen atoms in total. The molecule has 0 bridgehead atoms. The maximum atomic E-state index is 11.8. The van der Waals surface area contributed by atoms with Crippen LogP contribution in [0.4, 0.5) is 0 Å². The van der Waals surface area contributed by atoms with Gasteiger partial charge >= 0.3 is 0 Å². The Hall–Kier alpha value is -0.480. The van der Waals surface area contributed by atoms with Crippen molar-refractivity contribution in [2.24, 2.45) is 0 Å². The molecule has 18 heavy (non-hydrogen) atoms. The molecule has 1 amide bonds. The minimum Gasteiger partial charge on any atom is -0.352 e. The van der Waals surface area contributed by atoms with Gasteiger partial charge in [0.05, 0.1) is 6.42 Å². The van der Waals surface area contributed by atoms with Crippen molar-refractivity contribution in [3.63, 3.8) is 0 Å². The lowest BCUT2D eigenvalue weighted by molar-refractivity contribution is -0.121. The van der Waals surface area contributed by atoms with Gasteiger partial charge in [-0.05, 0) is 30.7 Å². The van der Waals surface area contributed by atoms with Crippen molar-refractivity contribution < 1.29 is 4.79 Å². The highest BCUT2D eigenvalue weighted by Crippen LogP contribution is 2.21. The van der Waals surface area contributed by atoms with E-state index in [1.807, 2.05) is 0 Å². The van der Waals surface area contributed by atoms with Gasteiger partial charge in [0.15, 0.2) is 0 Å². The fourth-order valence-electron chi connectivity index (χ4n) is 1.89. The molecule has 0 aromatic heterocycles. The van der Waals surface area contributed by atoms with Gasteiger partial charge in [0.25, 0.3) is 0 Å². The van der Waals surface area contributed by atoms with Crippen LogP contribution in [0.5, 0.6) is 0 Å². The number of amides is 1. The highest BCUT2D eigenvalue weighted by Gasteiger charge is 2.17. The fourth-order valence-corrected chi connectivity index (χ4v) is 2.37. The first-order valence-corrected chi connectivity index (χ1v) is 6.35. The average Bonchev–Trinajstić information content (AvgIpc) is 2.75. The van der Waals surface area contributed by atoms with Gasteiger partial charge in [-0.1, -0.05) is 29.3 Å². The van der Waals surface area contributed by atoms with Crippen LogP contribution in [0.3, 0.4) is 0 Å². The second-order valence-electron chi connectivity index (χ2n) is 4.17. The standard InChI is InChI=1S/C12H14Cl2N2O.ClH/c13-9-2-1-8(11(14)6-9)5-12(17)16-10-3-4-15-7-10;/h1-2,6,10,15H,3-5,7H2,(H,16,17);1H. The van der Waals surface area contributed by atoms with Gasteiger partial charge in [0, 0.05) is 22.6 Å². The number of carbonyl (C=O) groups is 1. The number of rotatable bonds is 3. The van der Waals surface area contributed by atoms with Crippen LogP contribution < -0.4 is 10.6 Å². The SMILES string of the molecule is Cl.O=C(Cc1ccc(Cl)cc1Cl)NC1CCNC1. The summed E-state index contributed by atoms with van der Waals surface area (Å²) in [5, 5.41) is 7.30. The molecule has 1 aromatic rings. The summed E-state index contributed by atoms with van der Waals surface area (Å²) < 4.78 is 0. The van der Waals surface area contributed by atoms with Gasteiger partial charge in [-0.3, -0.25) is 4.79 Å². The van der Waals surface area contributed by atoms with Crippen molar-refractivity contribution in [1.29, 1.82) is 0 Å². The van der Waals surface area contributed by atoms with Gasteiger partial charge in [0.2, 0.25) is 5.91 Å². The Kier molecular flexibility index (Phi) is 6.22. The molecule has 1 aliphatic heterocycles. The monoisotopic (exact) mass is 308 g/mol. The zero-order valence-electron chi connectivity index (χ0n) is 9.71. The molecule has 100 valence electrons. The Labute approximate surface area is 123 Å². The van der Waals surface area contributed by atoms with E-state index in [1.165, 1.54) is 0 Å². The molecule has 1 heterocycles. The van der Waals surface area contributed by atoms with E-state index in [4.69, 9.17) is 23.2 Å². The zero-order chi connectivity index (χ0) is 12.3. The minimum atomic E-state index is 0. The second kappa shape index (κ2) is 7.19. The number of halogens is 3. The molecule has 6 heteroatoms. The van der Waals surface area contributed by atoms with Gasteiger partial charge < -0.3 is 10.6 Å². The van der Waals surface area contributed by atoms with Gasteiger partial charge in [0.1, 0.15) is 0 Å². The first kappa shape index (κ1) is 15.6. The van der Waals surface area contributed by atoms with Crippen LogP contribution in [0.15, 0.2) is 18.2 Å². The maximum Gasteiger partial charge on any atom is 0.224 e. The largest absolute Gasteiger partial charge is 0.352 e. The van der Waals surface area contributed by atoms with Gasteiger partial charge in [-0.2, -0.15) is 0 Å². The lowest BCUT2D eigenvalue weighted by Gasteiger charge is -2.11. The highest BCUT2D eigenvalue weighted by atomic mass is 35.5. The third-order valence-corrected chi connectivity index (χ3v) is 3.38. The molecule has 1 unspecified atom stereocenters. The Bertz CT molecular complexity index is 420. The number of hydrogen-bond donors (Lipinski definition) is 2. The molecule has 1 aromatic carbocycles. The summed E-state index contributed by atoms with van der Waals surface area (Å²) in [6, 6.07) is 5.43. The summed E-state index contributed by atoms with van der Waals surface area (Å²) >= 11 is 11.8. The fraction of sp³-hybridized carbons (Fsp3) is 0.417. The smallest absolute Gasteiger partial charge is 0.224 e. The molecular formula is C12H15Cl3N2O. The molecular weight excluding hydrogens is 295 g/mol. The molecule has 1 aliphatic rings. The molecule has 1 fully saturated rings. The van der Waals surface area contributed by atoms with E-state index in [0.29, 0.717) is 16.5 Å². The lowest BCUT2D eigenvalue weighted by Crippen LogP contribution is -2.37. The number of carbonyl (C=O) groups excluding carboxylic acids is 1. The maximum absolute atomic E-state index is 11.8. The zero-order valence-corrected chi connectivity index (χ0v) is 12.0. The Morgan fingerprint density at radius 3 is 2.83 bits per heavy atom. The van der Waals surface area contributed by atoms with Crippen LogP contribution in [0.1, 0.15) is 12.0 Å². The summed E-state index contributed by atoms with van der Waals surface area (Å²) in [4.78, 5) is 11.8. The number of nitrogens with one attached hydrogen (secondary N) is 2. The summed E-state index contributed by atoms with van der Waals surface area (Å²) in [5.41, 5.74) is 0.805. The van der Waals surface area contributed by atoms with E-state index in [0.717, 1.165) is 25.1 Å². The molecule has 1 atom stereocenters. The van der Waals surface area contributed by atoms with Crippen LogP contribution in [-0.2, 0) is 11.2 Å². The third-order valence-electron chi connectivity index (χ3n) is 2.79. The number of benzene rings is 1. The molecule has 2 rings (SSSR count). The quantitative estimate of drug-likeness (QED) is 0.900. The third kappa shape index (κ3) is 4.32. The predicted octanol–water partition coefficient (Wildman–Crippen LogP) is 2.44. The van der Waals surface area contributed by atoms with E-state index >= 15 is 0 Å². The first-order chi connectivity index (χ1) is 8.15. The van der Waals surface area contributed by atoms with E-state index < -0.39 is 0 Å². The van der Waals surface area contributed by atoms with Crippen molar-refractivity contribution in [2.75, 3.05) is 13.1 Å². The molecule has 0 spiro atoms. The van der Waals surface area contributed by atoms with E-state index in [-0.39, 0.29) is 24.4 Å². The average molecular weight is 310 g/mol. The van der Waals surface area contributed by atoms with Crippen molar-refractivity contribution in [1.82, 2.24) is 10.6 Å². The Morgan fingerprint density at radius 2 is 2.22 bits per heavy atom. The molecule has 2 N–H and O–H groups in total. The van der Waals surface area contributed by atoms with Crippen LogP contribution in [0.25, 0.3) is 0 Å². The summed E-state index contributed by atoms with van der Waals surface area (Å²) in [5.74, 6) is 0.00271. The van der Waals surface area contributed by atoms with Crippen molar-refractivity contribution >= 4 is 41.5 Å². The number of hydrogen-bond acceptors (Lipinski definition) is 2. The highest BCUT2D eigenvalue weighted by molar-refractivity contribution is 6.35. The van der Waals surface area contributed by atoms with E-state index in [9.17, 15) is 4.79 Å². The van der Waals surface area contributed by atoms with E-state index in [1.54, 1.807) is 18.2 Å².